The van der Waals surface area contributed by atoms with Gasteiger partial charge in [0.05, 0.1) is 17.7 Å². The normalized spacial score (nSPS) is 16.6. The molecule has 0 atom stereocenters. The van der Waals surface area contributed by atoms with Crippen LogP contribution in [0, 0.1) is 11.3 Å². The van der Waals surface area contributed by atoms with Gasteiger partial charge in [0.15, 0.2) is 0 Å². The molecule has 1 aromatic carbocycles. The molecule has 1 fully saturated rings. The number of nitrogens with zero attached hydrogens (tertiary/aromatic N) is 2. The zero-order chi connectivity index (χ0) is 14.4. The standard InChI is InChI=1S/C15H19N3O2/c16-11-12-2-1-3-13(10-12)17-15(20)6-9-18-7-4-14(19)5-8-18/h1-3,10,14,19H,4-9H2,(H,17,20). The third kappa shape index (κ3) is 4.34. The van der Waals surface area contributed by atoms with Gasteiger partial charge in [-0.15, -0.1) is 0 Å². The van der Waals surface area contributed by atoms with Crippen molar-refractivity contribution in [3.05, 3.63) is 29.8 Å². The van der Waals surface area contributed by atoms with Gasteiger partial charge in [-0.25, -0.2) is 0 Å². The molecule has 0 aliphatic carbocycles. The molecule has 0 saturated carbocycles. The van der Waals surface area contributed by atoms with Gasteiger partial charge in [0.2, 0.25) is 5.91 Å². The minimum Gasteiger partial charge on any atom is -0.393 e. The van der Waals surface area contributed by atoms with Crippen LogP contribution in [0.25, 0.3) is 0 Å². The lowest BCUT2D eigenvalue weighted by Crippen LogP contribution is -2.37. The Kier molecular flexibility index (Phi) is 5.10. The third-order valence-corrected chi connectivity index (χ3v) is 3.49. The molecule has 1 saturated heterocycles. The first-order valence-electron chi connectivity index (χ1n) is 6.88. The molecule has 106 valence electrons. The molecule has 2 N–H and O–H groups in total. The van der Waals surface area contributed by atoms with Crippen LogP contribution in [0.4, 0.5) is 5.69 Å². The van der Waals surface area contributed by atoms with E-state index in [1.165, 1.54) is 0 Å². The number of amides is 1. The molecule has 0 spiro atoms. The second-order valence-corrected chi connectivity index (χ2v) is 5.06. The van der Waals surface area contributed by atoms with Crippen LogP contribution in [0.1, 0.15) is 24.8 Å². The van der Waals surface area contributed by atoms with Crippen molar-refractivity contribution >= 4 is 11.6 Å². The maximum atomic E-state index is 11.8. The van der Waals surface area contributed by atoms with Gasteiger partial charge < -0.3 is 15.3 Å². The Bertz CT molecular complexity index is 502. The Labute approximate surface area is 118 Å². The van der Waals surface area contributed by atoms with Crippen molar-refractivity contribution in [1.82, 2.24) is 4.90 Å². The Morgan fingerprint density at radius 2 is 2.20 bits per heavy atom. The number of benzene rings is 1. The number of rotatable bonds is 4. The van der Waals surface area contributed by atoms with Crippen molar-refractivity contribution in [2.75, 3.05) is 25.0 Å². The molecule has 2 rings (SSSR count). The van der Waals surface area contributed by atoms with E-state index in [0.717, 1.165) is 25.9 Å². The fourth-order valence-electron chi connectivity index (χ4n) is 2.29. The summed E-state index contributed by atoms with van der Waals surface area (Å²) in [5.41, 5.74) is 1.19. The maximum absolute atomic E-state index is 11.8. The highest BCUT2D eigenvalue weighted by atomic mass is 16.3. The first-order valence-corrected chi connectivity index (χ1v) is 6.88. The van der Waals surface area contributed by atoms with Gasteiger partial charge in [0.1, 0.15) is 0 Å². The van der Waals surface area contributed by atoms with E-state index in [9.17, 15) is 9.90 Å². The zero-order valence-corrected chi connectivity index (χ0v) is 11.4. The second-order valence-electron chi connectivity index (χ2n) is 5.06. The largest absolute Gasteiger partial charge is 0.393 e. The van der Waals surface area contributed by atoms with Crippen molar-refractivity contribution in [3.63, 3.8) is 0 Å². The van der Waals surface area contributed by atoms with Crippen molar-refractivity contribution in [2.45, 2.75) is 25.4 Å². The van der Waals surface area contributed by atoms with E-state index in [4.69, 9.17) is 5.26 Å². The zero-order valence-electron chi connectivity index (χ0n) is 11.4. The molecule has 0 unspecified atom stereocenters. The number of aliphatic hydroxyl groups excluding tert-OH is 1. The number of carbonyl (C=O) groups is 1. The minimum atomic E-state index is -0.186. The van der Waals surface area contributed by atoms with Gasteiger partial charge in [0.25, 0.3) is 0 Å². The average Bonchev–Trinajstić information content (AvgIpc) is 2.47. The van der Waals surface area contributed by atoms with E-state index in [-0.39, 0.29) is 12.0 Å². The molecule has 5 heteroatoms. The number of nitrogens with one attached hydrogen (secondary N) is 1. The van der Waals surface area contributed by atoms with Gasteiger partial charge in [-0.05, 0) is 31.0 Å². The summed E-state index contributed by atoms with van der Waals surface area (Å²) < 4.78 is 0. The summed E-state index contributed by atoms with van der Waals surface area (Å²) in [5, 5.41) is 21.0. The minimum absolute atomic E-state index is 0.0498. The highest BCUT2D eigenvalue weighted by molar-refractivity contribution is 5.90. The maximum Gasteiger partial charge on any atom is 0.225 e. The Balaban J connectivity index is 1.76. The van der Waals surface area contributed by atoms with Crippen LogP contribution < -0.4 is 5.32 Å². The number of piperidine rings is 1. The van der Waals surface area contributed by atoms with Crippen LogP contribution in [0.2, 0.25) is 0 Å². The number of carbonyl (C=O) groups excluding carboxylic acids is 1. The van der Waals surface area contributed by atoms with Crippen LogP contribution in [0.15, 0.2) is 24.3 Å². The van der Waals surface area contributed by atoms with Crippen molar-refractivity contribution < 1.29 is 9.90 Å². The number of likely N-dealkylation sites (tertiary alicyclic amines) is 1. The first-order chi connectivity index (χ1) is 9.67. The van der Waals surface area contributed by atoms with Crippen molar-refractivity contribution in [3.8, 4) is 6.07 Å². The van der Waals surface area contributed by atoms with E-state index >= 15 is 0 Å². The van der Waals surface area contributed by atoms with Gasteiger partial charge in [-0.1, -0.05) is 6.07 Å². The molecule has 1 heterocycles. The smallest absolute Gasteiger partial charge is 0.225 e. The van der Waals surface area contributed by atoms with E-state index in [1.54, 1.807) is 24.3 Å². The molecule has 0 radical (unpaired) electrons. The van der Waals surface area contributed by atoms with E-state index < -0.39 is 0 Å². The molecular formula is C15H19N3O2. The lowest BCUT2D eigenvalue weighted by molar-refractivity contribution is -0.116. The Morgan fingerprint density at radius 3 is 2.90 bits per heavy atom. The number of anilines is 1. The highest BCUT2D eigenvalue weighted by Gasteiger charge is 2.17. The average molecular weight is 273 g/mol. The predicted molar refractivity (Wildman–Crippen MR) is 76.1 cm³/mol. The molecule has 0 aromatic heterocycles. The molecule has 1 amide bonds. The molecule has 1 aliphatic rings. The van der Waals surface area contributed by atoms with Crippen molar-refractivity contribution in [2.24, 2.45) is 0 Å². The monoisotopic (exact) mass is 273 g/mol. The predicted octanol–water partition coefficient (Wildman–Crippen LogP) is 1.34. The van der Waals surface area contributed by atoms with Crippen LogP contribution in [0.3, 0.4) is 0 Å². The number of aliphatic hydroxyl groups is 1. The van der Waals surface area contributed by atoms with E-state index in [1.807, 2.05) is 6.07 Å². The summed E-state index contributed by atoms with van der Waals surface area (Å²) in [7, 11) is 0. The fourth-order valence-corrected chi connectivity index (χ4v) is 2.29. The molecule has 1 aromatic rings. The molecule has 0 bridgehead atoms. The second kappa shape index (κ2) is 7.04. The van der Waals surface area contributed by atoms with Crippen LogP contribution in [-0.4, -0.2) is 41.7 Å². The Hall–Kier alpha value is -1.90. The van der Waals surface area contributed by atoms with E-state index in [2.05, 4.69) is 10.2 Å². The number of hydrogen-bond acceptors (Lipinski definition) is 4. The third-order valence-electron chi connectivity index (χ3n) is 3.49. The molecule has 1 aliphatic heterocycles. The number of nitriles is 1. The van der Waals surface area contributed by atoms with Crippen LogP contribution in [-0.2, 0) is 4.79 Å². The lowest BCUT2D eigenvalue weighted by Gasteiger charge is -2.29. The van der Waals surface area contributed by atoms with Gasteiger partial charge in [-0.2, -0.15) is 5.26 Å². The first kappa shape index (κ1) is 14.5. The quantitative estimate of drug-likeness (QED) is 0.868. The van der Waals surface area contributed by atoms with Gasteiger partial charge in [0, 0.05) is 31.7 Å². The topological polar surface area (TPSA) is 76.4 Å². The summed E-state index contributed by atoms with van der Waals surface area (Å²) in [6.45, 7) is 2.40. The SMILES string of the molecule is N#Cc1cccc(NC(=O)CCN2CCC(O)CC2)c1. The van der Waals surface area contributed by atoms with Crippen LogP contribution >= 0.6 is 0 Å². The summed E-state index contributed by atoms with van der Waals surface area (Å²) in [4.78, 5) is 14.0. The molecular weight excluding hydrogens is 254 g/mol. The highest BCUT2D eigenvalue weighted by Crippen LogP contribution is 2.12. The molecule has 20 heavy (non-hydrogen) atoms. The molecule has 5 nitrogen and oxygen atoms in total. The van der Waals surface area contributed by atoms with Gasteiger partial charge in [-0.3, -0.25) is 4.79 Å². The number of hydrogen-bond donors (Lipinski definition) is 2. The van der Waals surface area contributed by atoms with Crippen molar-refractivity contribution in [1.29, 1.82) is 5.26 Å². The lowest BCUT2D eigenvalue weighted by atomic mass is 10.1. The van der Waals surface area contributed by atoms with Gasteiger partial charge >= 0.3 is 0 Å². The van der Waals surface area contributed by atoms with Crippen LogP contribution in [0.5, 0.6) is 0 Å². The summed E-state index contributed by atoms with van der Waals surface area (Å²) >= 11 is 0. The summed E-state index contributed by atoms with van der Waals surface area (Å²) in [6.07, 6.45) is 1.80. The fraction of sp³-hybridized carbons (Fsp3) is 0.467. The summed E-state index contributed by atoms with van der Waals surface area (Å²) in [5.74, 6) is -0.0498. The summed E-state index contributed by atoms with van der Waals surface area (Å²) in [6, 6.07) is 8.93. The Morgan fingerprint density at radius 1 is 1.45 bits per heavy atom. The van der Waals surface area contributed by atoms with E-state index in [0.29, 0.717) is 24.2 Å².